The number of rotatable bonds is 4. The van der Waals surface area contributed by atoms with Gasteiger partial charge in [0.15, 0.2) is 6.10 Å². The van der Waals surface area contributed by atoms with Crippen LogP contribution in [0.3, 0.4) is 0 Å². The monoisotopic (exact) mass is 265 g/mol. The van der Waals surface area contributed by atoms with Gasteiger partial charge < -0.3 is 24.7 Å². The minimum absolute atomic E-state index is 0.409. The van der Waals surface area contributed by atoms with Crippen LogP contribution in [0.4, 0.5) is 0 Å². The number of ether oxygens (including phenoxy) is 2. The molecule has 6 nitrogen and oxygen atoms in total. The predicted molar refractivity (Wildman–Crippen MR) is 67.8 cm³/mol. The Morgan fingerprint density at radius 1 is 1.32 bits per heavy atom. The van der Waals surface area contributed by atoms with Gasteiger partial charge in [-0.25, -0.2) is 4.79 Å². The first kappa shape index (κ1) is 13.4. The van der Waals surface area contributed by atoms with Gasteiger partial charge in [0.05, 0.1) is 14.2 Å². The minimum atomic E-state index is -1.63. The van der Waals surface area contributed by atoms with Crippen LogP contribution in [0.5, 0.6) is 5.75 Å². The van der Waals surface area contributed by atoms with E-state index >= 15 is 0 Å². The second kappa shape index (κ2) is 5.29. The number of aliphatic hydroxyl groups is 2. The Bertz CT molecular complexity index is 592. The predicted octanol–water partition coefficient (Wildman–Crippen LogP) is 0.744. The van der Waals surface area contributed by atoms with Crippen molar-refractivity contribution < 1.29 is 24.5 Å². The van der Waals surface area contributed by atoms with Crippen molar-refractivity contribution in [3.63, 3.8) is 0 Å². The van der Waals surface area contributed by atoms with E-state index in [2.05, 4.69) is 9.72 Å². The van der Waals surface area contributed by atoms with E-state index < -0.39 is 18.2 Å². The first-order valence-electron chi connectivity index (χ1n) is 5.67. The fourth-order valence-corrected chi connectivity index (χ4v) is 1.91. The highest BCUT2D eigenvalue weighted by atomic mass is 16.5. The molecule has 0 saturated heterocycles. The van der Waals surface area contributed by atoms with Gasteiger partial charge in [-0.15, -0.1) is 0 Å². The van der Waals surface area contributed by atoms with Crippen molar-refractivity contribution in [3.8, 4) is 5.75 Å². The van der Waals surface area contributed by atoms with Crippen LogP contribution in [0.25, 0.3) is 10.9 Å². The zero-order chi connectivity index (χ0) is 14.0. The summed E-state index contributed by atoms with van der Waals surface area (Å²) >= 11 is 0. The quantitative estimate of drug-likeness (QED) is 0.709. The third-order valence-electron chi connectivity index (χ3n) is 2.98. The van der Waals surface area contributed by atoms with Gasteiger partial charge in [-0.2, -0.15) is 0 Å². The highest BCUT2D eigenvalue weighted by Crippen LogP contribution is 2.29. The van der Waals surface area contributed by atoms with Crippen LogP contribution in [0.15, 0.2) is 24.4 Å². The molecule has 3 N–H and O–H groups in total. The first-order valence-corrected chi connectivity index (χ1v) is 5.67. The number of hydrogen-bond acceptors (Lipinski definition) is 5. The van der Waals surface area contributed by atoms with E-state index in [0.29, 0.717) is 16.7 Å². The van der Waals surface area contributed by atoms with Gasteiger partial charge in [0.1, 0.15) is 11.9 Å². The molecule has 1 aromatic carbocycles. The molecule has 0 aliphatic carbocycles. The van der Waals surface area contributed by atoms with Crippen molar-refractivity contribution in [3.05, 3.63) is 30.0 Å². The average molecular weight is 265 g/mol. The molecule has 1 heterocycles. The molecular weight excluding hydrogens is 250 g/mol. The Labute approximate surface area is 109 Å². The number of carbonyl (C=O) groups is 1. The summed E-state index contributed by atoms with van der Waals surface area (Å²) in [5.41, 5.74) is 1.18. The highest BCUT2D eigenvalue weighted by molar-refractivity contribution is 5.86. The van der Waals surface area contributed by atoms with Gasteiger partial charge in [-0.05, 0) is 18.2 Å². The van der Waals surface area contributed by atoms with Gasteiger partial charge in [-0.3, -0.25) is 0 Å². The first-order chi connectivity index (χ1) is 9.08. The maximum Gasteiger partial charge on any atom is 0.337 e. The number of hydrogen-bond donors (Lipinski definition) is 3. The van der Waals surface area contributed by atoms with E-state index in [1.165, 1.54) is 7.11 Å². The number of carbonyl (C=O) groups excluding carboxylic acids is 1. The number of methoxy groups -OCH3 is 2. The molecule has 19 heavy (non-hydrogen) atoms. The zero-order valence-corrected chi connectivity index (χ0v) is 10.6. The molecule has 0 bridgehead atoms. The lowest BCUT2D eigenvalue weighted by molar-refractivity contribution is -0.156. The Kier molecular flexibility index (Phi) is 3.73. The summed E-state index contributed by atoms with van der Waals surface area (Å²) in [4.78, 5) is 14.2. The van der Waals surface area contributed by atoms with Crippen LogP contribution in [0.1, 0.15) is 11.7 Å². The molecule has 2 aromatic rings. The second-order valence-electron chi connectivity index (χ2n) is 4.07. The lowest BCUT2D eigenvalue weighted by Crippen LogP contribution is -2.28. The maximum atomic E-state index is 11.2. The smallest absolute Gasteiger partial charge is 0.337 e. The Hall–Kier alpha value is -2.05. The Balaban J connectivity index is 2.41. The van der Waals surface area contributed by atoms with Crippen LogP contribution >= 0.6 is 0 Å². The highest BCUT2D eigenvalue weighted by Gasteiger charge is 2.28. The summed E-state index contributed by atoms with van der Waals surface area (Å²) in [5.74, 6) is -0.266. The van der Waals surface area contributed by atoms with Gasteiger partial charge in [-0.1, -0.05) is 0 Å². The molecule has 6 heteroatoms. The van der Waals surface area contributed by atoms with Gasteiger partial charge in [0.2, 0.25) is 0 Å². The molecule has 0 aliphatic rings. The molecule has 0 amide bonds. The molecule has 0 fully saturated rings. The summed E-state index contributed by atoms with van der Waals surface area (Å²) in [6.45, 7) is 0. The van der Waals surface area contributed by atoms with Crippen molar-refractivity contribution in [1.29, 1.82) is 0 Å². The summed E-state index contributed by atoms with van der Waals surface area (Å²) in [6.07, 6.45) is -1.45. The van der Waals surface area contributed by atoms with E-state index in [0.717, 1.165) is 12.6 Å². The molecule has 0 aliphatic heterocycles. The number of aliphatic hydroxyl groups excluding tert-OH is 2. The molecule has 0 radical (unpaired) electrons. The molecule has 0 spiro atoms. The molecule has 102 valence electrons. The van der Waals surface area contributed by atoms with E-state index in [-0.39, 0.29) is 0 Å². The van der Waals surface area contributed by atoms with Crippen molar-refractivity contribution in [1.82, 2.24) is 4.98 Å². The number of esters is 1. The largest absolute Gasteiger partial charge is 0.497 e. The van der Waals surface area contributed by atoms with Gasteiger partial charge >= 0.3 is 5.97 Å². The molecule has 1 aromatic heterocycles. The van der Waals surface area contributed by atoms with E-state index in [1.54, 1.807) is 24.4 Å². The number of aromatic amines is 1. The van der Waals surface area contributed by atoms with Crippen LogP contribution in [-0.2, 0) is 9.53 Å². The van der Waals surface area contributed by atoms with Crippen molar-refractivity contribution in [2.75, 3.05) is 14.2 Å². The molecular formula is C13H15NO5. The van der Waals surface area contributed by atoms with Crippen molar-refractivity contribution in [2.45, 2.75) is 12.2 Å². The van der Waals surface area contributed by atoms with Crippen LogP contribution in [0.2, 0.25) is 0 Å². The summed E-state index contributed by atoms with van der Waals surface area (Å²) in [6, 6.07) is 5.27. The molecule has 0 saturated carbocycles. The summed E-state index contributed by atoms with van der Waals surface area (Å²) in [7, 11) is 2.68. The third-order valence-corrected chi connectivity index (χ3v) is 2.98. The molecule has 2 rings (SSSR count). The maximum absolute atomic E-state index is 11.2. The Morgan fingerprint density at radius 2 is 2.05 bits per heavy atom. The van der Waals surface area contributed by atoms with Crippen molar-refractivity contribution >= 4 is 16.9 Å². The SMILES string of the molecule is COC(=O)C(O)C(O)c1c[nH]c2ccc(OC)cc12. The molecule has 2 unspecified atom stereocenters. The lowest BCUT2D eigenvalue weighted by atomic mass is 10.0. The average Bonchev–Trinajstić information content (AvgIpc) is 2.87. The normalized spacial score (nSPS) is 14.1. The lowest BCUT2D eigenvalue weighted by Gasteiger charge is -2.15. The Morgan fingerprint density at radius 3 is 2.68 bits per heavy atom. The fourth-order valence-electron chi connectivity index (χ4n) is 1.91. The molecule has 2 atom stereocenters. The summed E-state index contributed by atoms with van der Waals surface area (Å²) < 4.78 is 9.51. The van der Waals surface area contributed by atoms with Crippen molar-refractivity contribution in [2.24, 2.45) is 0 Å². The minimum Gasteiger partial charge on any atom is -0.497 e. The number of nitrogens with one attached hydrogen (secondary N) is 1. The second-order valence-corrected chi connectivity index (χ2v) is 4.07. The van der Waals surface area contributed by atoms with Crippen LogP contribution in [-0.4, -0.2) is 41.5 Å². The number of H-pyrrole nitrogens is 1. The van der Waals surface area contributed by atoms with Gasteiger partial charge in [0, 0.05) is 22.7 Å². The van der Waals surface area contributed by atoms with E-state index in [9.17, 15) is 15.0 Å². The fraction of sp³-hybridized carbons (Fsp3) is 0.308. The number of fused-ring (bicyclic) bond motifs is 1. The van der Waals surface area contributed by atoms with Crippen LogP contribution < -0.4 is 4.74 Å². The number of aromatic nitrogens is 1. The van der Waals surface area contributed by atoms with Crippen LogP contribution in [0, 0.1) is 0 Å². The van der Waals surface area contributed by atoms with E-state index in [1.807, 2.05) is 0 Å². The van der Waals surface area contributed by atoms with E-state index in [4.69, 9.17) is 4.74 Å². The standard InChI is InChI=1S/C13H15NO5/c1-18-7-3-4-10-8(5-7)9(6-14-10)11(15)12(16)13(17)19-2/h3-6,11-12,14-16H,1-2H3. The van der Waals surface area contributed by atoms with Gasteiger partial charge in [0.25, 0.3) is 0 Å². The number of benzene rings is 1. The zero-order valence-electron chi connectivity index (χ0n) is 10.6. The summed E-state index contributed by atoms with van der Waals surface area (Å²) in [5, 5.41) is 20.4. The third kappa shape index (κ3) is 2.40. The topological polar surface area (TPSA) is 91.8 Å².